The third kappa shape index (κ3) is 3.82. The highest BCUT2D eigenvalue weighted by molar-refractivity contribution is 9.10. The molecule has 1 unspecified atom stereocenters. The molecule has 0 aromatic heterocycles. The summed E-state index contributed by atoms with van der Waals surface area (Å²) < 4.78 is 6.79. The minimum absolute atomic E-state index is 0.269. The number of nitrogens with one attached hydrogen (secondary N) is 2. The van der Waals surface area contributed by atoms with E-state index < -0.39 is 0 Å². The molecule has 5 heteroatoms. The van der Waals surface area contributed by atoms with Gasteiger partial charge >= 0.3 is 0 Å². The van der Waals surface area contributed by atoms with E-state index in [9.17, 15) is 0 Å². The van der Waals surface area contributed by atoms with Crippen LogP contribution in [0.1, 0.15) is 31.2 Å². The van der Waals surface area contributed by atoms with E-state index in [0.717, 1.165) is 36.5 Å². The first kappa shape index (κ1) is 15.8. The van der Waals surface area contributed by atoms with Crippen molar-refractivity contribution in [2.45, 2.75) is 37.2 Å². The zero-order chi connectivity index (χ0) is 15.4. The van der Waals surface area contributed by atoms with Gasteiger partial charge in [0.15, 0.2) is 5.96 Å². The average Bonchev–Trinajstić information content (AvgIpc) is 3.14. The average molecular weight is 366 g/mol. The lowest BCUT2D eigenvalue weighted by Crippen LogP contribution is -2.43. The Bertz CT molecular complexity index is 536. The largest absolute Gasteiger partial charge is 0.376 e. The highest BCUT2D eigenvalue weighted by Gasteiger charge is 2.44. The van der Waals surface area contributed by atoms with Crippen LogP contribution in [0.3, 0.4) is 0 Å². The van der Waals surface area contributed by atoms with Crippen molar-refractivity contribution < 1.29 is 4.74 Å². The van der Waals surface area contributed by atoms with Gasteiger partial charge in [0.2, 0.25) is 0 Å². The minimum Gasteiger partial charge on any atom is -0.376 e. The third-order valence-electron chi connectivity index (χ3n) is 4.63. The molecule has 2 N–H and O–H groups in total. The maximum Gasteiger partial charge on any atom is 0.191 e. The Hall–Kier alpha value is -1.07. The number of guanidine groups is 1. The zero-order valence-electron chi connectivity index (χ0n) is 13.1. The fraction of sp³-hybridized carbons (Fsp3) is 0.588. The Labute approximate surface area is 140 Å². The van der Waals surface area contributed by atoms with E-state index in [2.05, 4.69) is 55.8 Å². The highest BCUT2D eigenvalue weighted by Crippen LogP contribution is 2.48. The van der Waals surface area contributed by atoms with Gasteiger partial charge in [-0.1, -0.05) is 28.1 Å². The Morgan fingerprint density at radius 3 is 2.91 bits per heavy atom. The number of benzene rings is 1. The van der Waals surface area contributed by atoms with E-state index in [1.807, 2.05) is 7.05 Å². The molecule has 0 spiro atoms. The van der Waals surface area contributed by atoms with Crippen LogP contribution in [0.4, 0.5) is 0 Å². The maximum atomic E-state index is 5.64. The lowest BCUT2D eigenvalue weighted by Gasteiger charge is -2.20. The van der Waals surface area contributed by atoms with Gasteiger partial charge in [-0.05, 0) is 43.4 Å². The first-order chi connectivity index (χ1) is 10.7. The van der Waals surface area contributed by atoms with Crippen LogP contribution < -0.4 is 10.6 Å². The molecule has 1 aromatic carbocycles. The topological polar surface area (TPSA) is 45.7 Å². The van der Waals surface area contributed by atoms with Gasteiger partial charge in [-0.2, -0.15) is 0 Å². The number of aliphatic imine (C=N–C) groups is 1. The molecule has 0 amide bonds. The standard InChI is InChI=1S/C17H24BrN3O/c1-19-16(20-11-15-6-3-9-22-15)21-12-17(7-8-17)13-4-2-5-14(18)10-13/h2,4-5,10,15H,3,6-9,11-12H2,1H3,(H2,19,20,21). The molecular weight excluding hydrogens is 342 g/mol. The van der Waals surface area contributed by atoms with Crippen LogP contribution in [0, 0.1) is 0 Å². The second kappa shape index (κ2) is 7.01. The molecule has 1 saturated carbocycles. The minimum atomic E-state index is 0.269. The lowest BCUT2D eigenvalue weighted by atomic mass is 9.96. The predicted molar refractivity (Wildman–Crippen MR) is 93.4 cm³/mol. The number of ether oxygens (including phenoxy) is 1. The van der Waals surface area contributed by atoms with Gasteiger partial charge in [0.1, 0.15) is 0 Å². The molecule has 2 aliphatic rings. The number of rotatable bonds is 5. The quantitative estimate of drug-likeness (QED) is 0.622. The molecule has 0 radical (unpaired) electrons. The Morgan fingerprint density at radius 1 is 1.41 bits per heavy atom. The van der Waals surface area contributed by atoms with Gasteiger partial charge in [-0.25, -0.2) is 0 Å². The van der Waals surface area contributed by atoms with E-state index >= 15 is 0 Å². The normalized spacial score (nSPS) is 23.4. The van der Waals surface area contributed by atoms with Crippen molar-refractivity contribution in [2.24, 2.45) is 4.99 Å². The molecule has 1 atom stereocenters. The van der Waals surface area contributed by atoms with E-state index in [4.69, 9.17) is 4.74 Å². The molecule has 1 aliphatic carbocycles. The summed E-state index contributed by atoms with van der Waals surface area (Å²) in [4.78, 5) is 4.32. The maximum absolute atomic E-state index is 5.64. The molecule has 3 rings (SSSR count). The molecule has 1 aromatic rings. The molecule has 0 bridgehead atoms. The van der Waals surface area contributed by atoms with Gasteiger partial charge in [-0.3, -0.25) is 4.99 Å². The summed E-state index contributed by atoms with van der Waals surface area (Å²) in [5, 5.41) is 6.86. The SMILES string of the molecule is CN=C(NCC1CCCO1)NCC1(c2cccc(Br)c2)CC1. The first-order valence-corrected chi connectivity index (χ1v) is 8.83. The summed E-state index contributed by atoms with van der Waals surface area (Å²) in [5.41, 5.74) is 1.68. The second-order valence-corrected chi connectivity index (χ2v) is 7.15. The number of hydrogen-bond acceptors (Lipinski definition) is 2. The van der Waals surface area contributed by atoms with Crippen LogP contribution in [0.25, 0.3) is 0 Å². The summed E-state index contributed by atoms with van der Waals surface area (Å²) in [6.07, 6.45) is 5.12. The van der Waals surface area contributed by atoms with Crippen LogP contribution in [-0.4, -0.2) is 38.8 Å². The van der Waals surface area contributed by atoms with Crippen molar-refractivity contribution in [3.63, 3.8) is 0 Å². The van der Waals surface area contributed by atoms with Crippen molar-refractivity contribution >= 4 is 21.9 Å². The summed E-state index contributed by atoms with van der Waals surface area (Å²) in [5.74, 6) is 0.872. The zero-order valence-corrected chi connectivity index (χ0v) is 14.7. The van der Waals surface area contributed by atoms with Gasteiger partial charge in [0.05, 0.1) is 6.10 Å². The molecule has 1 saturated heterocycles. The van der Waals surface area contributed by atoms with Gasteiger partial charge in [0, 0.05) is 36.6 Å². The molecule has 1 heterocycles. The molecule has 2 fully saturated rings. The Kier molecular flexibility index (Phi) is 5.03. The summed E-state index contributed by atoms with van der Waals surface area (Å²) in [7, 11) is 1.82. The smallest absolute Gasteiger partial charge is 0.191 e. The van der Waals surface area contributed by atoms with Gasteiger partial charge in [-0.15, -0.1) is 0 Å². The van der Waals surface area contributed by atoms with Crippen LogP contribution in [0.2, 0.25) is 0 Å². The van der Waals surface area contributed by atoms with Crippen molar-refractivity contribution in [1.82, 2.24) is 10.6 Å². The van der Waals surface area contributed by atoms with Crippen LogP contribution in [0.15, 0.2) is 33.7 Å². The third-order valence-corrected chi connectivity index (χ3v) is 5.12. The van der Waals surface area contributed by atoms with E-state index in [0.29, 0.717) is 6.10 Å². The van der Waals surface area contributed by atoms with Crippen LogP contribution in [-0.2, 0) is 10.2 Å². The summed E-state index contributed by atoms with van der Waals surface area (Å²) in [6.45, 7) is 2.66. The summed E-state index contributed by atoms with van der Waals surface area (Å²) >= 11 is 3.57. The second-order valence-electron chi connectivity index (χ2n) is 6.23. The van der Waals surface area contributed by atoms with Gasteiger partial charge < -0.3 is 15.4 Å². The van der Waals surface area contributed by atoms with Crippen LogP contribution >= 0.6 is 15.9 Å². The molecule has 4 nitrogen and oxygen atoms in total. The van der Waals surface area contributed by atoms with Crippen molar-refractivity contribution in [3.05, 3.63) is 34.3 Å². The fourth-order valence-corrected chi connectivity index (χ4v) is 3.43. The van der Waals surface area contributed by atoms with Crippen LogP contribution in [0.5, 0.6) is 0 Å². The molecule has 120 valence electrons. The van der Waals surface area contributed by atoms with Crippen molar-refractivity contribution in [1.29, 1.82) is 0 Å². The molecule has 22 heavy (non-hydrogen) atoms. The highest BCUT2D eigenvalue weighted by atomic mass is 79.9. The Balaban J connectivity index is 1.52. The summed E-state index contributed by atoms with van der Waals surface area (Å²) in [6, 6.07) is 8.65. The monoisotopic (exact) mass is 365 g/mol. The van der Waals surface area contributed by atoms with Gasteiger partial charge in [0.25, 0.3) is 0 Å². The molecular formula is C17H24BrN3O. The Morgan fingerprint density at radius 2 is 2.27 bits per heavy atom. The first-order valence-electron chi connectivity index (χ1n) is 8.04. The van der Waals surface area contributed by atoms with E-state index in [1.54, 1.807) is 0 Å². The lowest BCUT2D eigenvalue weighted by molar-refractivity contribution is 0.114. The van der Waals surface area contributed by atoms with Crippen molar-refractivity contribution in [2.75, 3.05) is 26.7 Å². The van der Waals surface area contributed by atoms with E-state index in [1.165, 1.54) is 24.8 Å². The predicted octanol–water partition coefficient (Wildman–Crippen LogP) is 2.82. The van der Waals surface area contributed by atoms with Crippen molar-refractivity contribution in [3.8, 4) is 0 Å². The van der Waals surface area contributed by atoms with E-state index in [-0.39, 0.29) is 5.41 Å². The number of nitrogens with zero attached hydrogens (tertiary/aromatic N) is 1. The number of halogens is 1. The fourth-order valence-electron chi connectivity index (χ4n) is 3.03. The molecule has 1 aliphatic heterocycles. The number of hydrogen-bond donors (Lipinski definition) is 2.